The molecule has 2 heterocycles. The highest BCUT2D eigenvalue weighted by atomic mass is 16.4. The van der Waals surface area contributed by atoms with Gasteiger partial charge in [0.1, 0.15) is 11.4 Å². The first-order chi connectivity index (χ1) is 8.15. The molecule has 1 aliphatic rings. The smallest absolute Gasteiger partial charge is 0.341 e. The highest BCUT2D eigenvalue weighted by Crippen LogP contribution is 2.24. The predicted octanol–water partition coefficient (Wildman–Crippen LogP) is 1.31. The van der Waals surface area contributed by atoms with Crippen LogP contribution in [0.2, 0.25) is 0 Å². The summed E-state index contributed by atoms with van der Waals surface area (Å²) in [5, 5.41) is 16.3. The van der Waals surface area contributed by atoms with E-state index in [1.165, 1.54) is 6.20 Å². The Morgan fingerprint density at radius 2 is 2.35 bits per heavy atom. The number of nitrogens with one attached hydrogen (secondary N) is 1. The maximum atomic E-state index is 11.0. The van der Waals surface area contributed by atoms with Gasteiger partial charge in [-0.25, -0.2) is 14.3 Å². The molecular formula is C11H12N4O2. The minimum absolute atomic E-state index is 0.132. The van der Waals surface area contributed by atoms with Crippen LogP contribution >= 0.6 is 0 Å². The summed E-state index contributed by atoms with van der Waals surface area (Å²) in [5.41, 5.74) is 1.39. The van der Waals surface area contributed by atoms with Crippen molar-refractivity contribution in [3.63, 3.8) is 0 Å². The standard InChI is InChI=1S/C11H12N4O2/c1-6-4-9(13-7-2-3-7)14-10-8(11(16)17)5-12-15(6)10/h4-5,7H,2-3H2,1H3,(H,13,14)(H,16,17). The van der Waals surface area contributed by atoms with Crippen molar-refractivity contribution < 1.29 is 9.90 Å². The molecule has 0 saturated heterocycles. The fraction of sp³-hybridized carbons (Fsp3) is 0.364. The molecule has 2 N–H and O–H groups in total. The number of aromatic carboxylic acids is 1. The zero-order valence-corrected chi connectivity index (χ0v) is 9.34. The Kier molecular flexibility index (Phi) is 2.04. The van der Waals surface area contributed by atoms with E-state index in [2.05, 4.69) is 15.4 Å². The molecule has 6 nitrogen and oxygen atoms in total. The summed E-state index contributed by atoms with van der Waals surface area (Å²) in [6.07, 6.45) is 3.63. The van der Waals surface area contributed by atoms with E-state index in [1.54, 1.807) is 4.52 Å². The number of aromatic nitrogens is 3. The fourth-order valence-electron chi connectivity index (χ4n) is 1.77. The lowest BCUT2D eigenvalue weighted by Crippen LogP contribution is -2.07. The number of fused-ring (bicyclic) bond motifs is 1. The number of rotatable bonds is 3. The Hall–Kier alpha value is -2.11. The van der Waals surface area contributed by atoms with Crippen molar-refractivity contribution in [2.24, 2.45) is 0 Å². The zero-order chi connectivity index (χ0) is 12.0. The molecule has 1 fully saturated rings. The molecule has 2 aromatic heterocycles. The first-order valence-electron chi connectivity index (χ1n) is 5.50. The summed E-state index contributed by atoms with van der Waals surface area (Å²) < 4.78 is 1.54. The molecule has 0 bridgehead atoms. The molecule has 17 heavy (non-hydrogen) atoms. The quantitative estimate of drug-likeness (QED) is 0.834. The van der Waals surface area contributed by atoms with Crippen LogP contribution in [-0.4, -0.2) is 31.7 Å². The Balaban J connectivity index is 2.13. The van der Waals surface area contributed by atoms with Crippen LogP contribution in [0.5, 0.6) is 0 Å². The predicted molar refractivity (Wildman–Crippen MR) is 61.3 cm³/mol. The SMILES string of the molecule is Cc1cc(NC2CC2)nc2c(C(=O)O)cnn12. The second kappa shape index (κ2) is 3.44. The van der Waals surface area contributed by atoms with Gasteiger partial charge in [-0.2, -0.15) is 5.10 Å². The van der Waals surface area contributed by atoms with Crippen LogP contribution in [0.3, 0.4) is 0 Å². The molecule has 0 atom stereocenters. The molecule has 2 aromatic rings. The zero-order valence-electron chi connectivity index (χ0n) is 9.34. The van der Waals surface area contributed by atoms with Gasteiger partial charge in [-0.3, -0.25) is 0 Å². The Morgan fingerprint density at radius 3 is 3.00 bits per heavy atom. The normalized spacial score (nSPS) is 15.1. The average Bonchev–Trinajstić information content (AvgIpc) is 2.95. The van der Waals surface area contributed by atoms with Gasteiger partial charge in [-0.1, -0.05) is 0 Å². The Bertz CT molecular complexity index is 601. The van der Waals surface area contributed by atoms with E-state index in [0.29, 0.717) is 11.7 Å². The van der Waals surface area contributed by atoms with Crippen LogP contribution in [0.4, 0.5) is 5.82 Å². The van der Waals surface area contributed by atoms with Crippen molar-refractivity contribution in [1.29, 1.82) is 0 Å². The van der Waals surface area contributed by atoms with Crippen molar-refractivity contribution in [2.75, 3.05) is 5.32 Å². The van der Waals surface area contributed by atoms with E-state index in [1.807, 2.05) is 13.0 Å². The van der Waals surface area contributed by atoms with E-state index < -0.39 is 5.97 Å². The molecule has 0 radical (unpaired) electrons. The molecule has 0 unspecified atom stereocenters. The van der Waals surface area contributed by atoms with E-state index in [-0.39, 0.29) is 5.56 Å². The summed E-state index contributed by atoms with van der Waals surface area (Å²) in [7, 11) is 0. The van der Waals surface area contributed by atoms with E-state index in [9.17, 15) is 4.79 Å². The van der Waals surface area contributed by atoms with Gasteiger partial charge >= 0.3 is 5.97 Å². The molecule has 88 valence electrons. The molecule has 0 aliphatic heterocycles. The lowest BCUT2D eigenvalue weighted by Gasteiger charge is -2.06. The van der Waals surface area contributed by atoms with Gasteiger partial charge in [0.2, 0.25) is 0 Å². The van der Waals surface area contributed by atoms with Crippen molar-refractivity contribution in [3.8, 4) is 0 Å². The maximum Gasteiger partial charge on any atom is 0.341 e. The van der Waals surface area contributed by atoms with Crippen LogP contribution in [0.15, 0.2) is 12.3 Å². The van der Waals surface area contributed by atoms with Crippen LogP contribution in [-0.2, 0) is 0 Å². The minimum atomic E-state index is -1.00. The number of carbonyl (C=O) groups is 1. The van der Waals surface area contributed by atoms with Gasteiger partial charge in [-0.15, -0.1) is 0 Å². The van der Waals surface area contributed by atoms with E-state index >= 15 is 0 Å². The van der Waals surface area contributed by atoms with Crippen molar-refractivity contribution in [2.45, 2.75) is 25.8 Å². The highest BCUT2D eigenvalue weighted by Gasteiger charge is 2.22. The third-order valence-corrected chi connectivity index (χ3v) is 2.81. The summed E-state index contributed by atoms with van der Waals surface area (Å²) >= 11 is 0. The minimum Gasteiger partial charge on any atom is -0.477 e. The monoisotopic (exact) mass is 232 g/mol. The molecule has 3 rings (SSSR count). The second-order valence-electron chi connectivity index (χ2n) is 4.30. The van der Waals surface area contributed by atoms with Crippen molar-refractivity contribution in [3.05, 3.63) is 23.5 Å². The van der Waals surface area contributed by atoms with Gasteiger partial charge in [0.15, 0.2) is 5.65 Å². The lowest BCUT2D eigenvalue weighted by atomic mass is 10.3. The number of aryl methyl sites for hydroxylation is 1. The van der Waals surface area contributed by atoms with Gasteiger partial charge in [0, 0.05) is 17.8 Å². The van der Waals surface area contributed by atoms with Gasteiger partial charge in [0.25, 0.3) is 0 Å². The van der Waals surface area contributed by atoms with Gasteiger partial charge in [-0.05, 0) is 19.8 Å². The summed E-state index contributed by atoms with van der Waals surface area (Å²) in [6, 6.07) is 2.37. The number of carboxylic acid groups (broad SMARTS) is 1. The summed E-state index contributed by atoms with van der Waals surface area (Å²) in [5.74, 6) is -0.282. The van der Waals surface area contributed by atoms with E-state index in [4.69, 9.17) is 5.11 Å². The van der Waals surface area contributed by atoms with Crippen molar-refractivity contribution >= 4 is 17.4 Å². The number of nitrogens with zero attached hydrogens (tertiary/aromatic N) is 3. The molecule has 1 saturated carbocycles. The topological polar surface area (TPSA) is 79.5 Å². The van der Waals surface area contributed by atoms with Gasteiger partial charge < -0.3 is 10.4 Å². The first-order valence-corrected chi connectivity index (χ1v) is 5.50. The summed E-state index contributed by atoms with van der Waals surface area (Å²) in [4.78, 5) is 15.3. The second-order valence-corrected chi connectivity index (χ2v) is 4.30. The number of hydrogen-bond acceptors (Lipinski definition) is 4. The molecule has 1 aliphatic carbocycles. The average molecular weight is 232 g/mol. The van der Waals surface area contributed by atoms with Gasteiger partial charge in [0.05, 0.1) is 6.20 Å². The van der Waals surface area contributed by atoms with Crippen LogP contribution in [0.1, 0.15) is 28.9 Å². The maximum absolute atomic E-state index is 11.0. The largest absolute Gasteiger partial charge is 0.477 e. The molecule has 0 spiro atoms. The fourth-order valence-corrected chi connectivity index (χ4v) is 1.77. The number of hydrogen-bond donors (Lipinski definition) is 2. The molecule has 6 heteroatoms. The highest BCUT2D eigenvalue weighted by molar-refractivity contribution is 5.94. The molecule has 0 aromatic carbocycles. The number of anilines is 1. The van der Waals surface area contributed by atoms with Crippen LogP contribution < -0.4 is 5.32 Å². The van der Waals surface area contributed by atoms with Crippen LogP contribution in [0, 0.1) is 6.92 Å². The van der Waals surface area contributed by atoms with E-state index in [0.717, 1.165) is 24.4 Å². The third-order valence-electron chi connectivity index (χ3n) is 2.81. The third kappa shape index (κ3) is 1.71. The summed E-state index contributed by atoms with van der Waals surface area (Å²) in [6.45, 7) is 1.88. The number of carboxylic acids is 1. The van der Waals surface area contributed by atoms with Crippen molar-refractivity contribution in [1.82, 2.24) is 14.6 Å². The lowest BCUT2D eigenvalue weighted by molar-refractivity contribution is 0.0699. The Labute approximate surface area is 97.3 Å². The molecular weight excluding hydrogens is 220 g/mol. The van der Waals surface area contributed by atoms with Crippen LogP contribution in [0.25, 0.3) is 5.65 Å². The Morgan fingerprint density at radius 1 is 1.59 bits per heavy atom. The molecule has 0 amide bonds. The first kappa shape index (κ1) is 10.1.